The molecule has 0 aliphatic carbocycles. The van der Waals surface area contributed by atoms with Crippen molar-refractivity contribution in [2.24, 2.45) is 0 Å². The summed E-state index contributed by atoms with van der Waals surface area (Å²) < 4.78 is 0. The Balaban J connectivity index is 0. The molecule has 0 amide bonds. The van der Waals surface area contributed by atoms with Gasteiger partial charge in [0.2, 0.25) is 0 Å². The molecule has 0 aromatic carbocycles. The summed E-state index contributed by atoms with van der Waals surface area (Å²) in [5.41, 5.74) is 0. The Bertz CT molecular complexity index is 6.00. The standard InChI is InChI=1S/C2H5Cl.GeH4/c1-2-3;/h2H2,1H3;1H4. The third-order valence-electron chi connectivity index (χ3n) is 0. The summed E-state index contributed by atoms with van der Waals surface area (Å²) in [7, 11) is 0. The fourth-order valence-electron chi connectivity index (χ4n) is 0. The van der Waals surface area contributed by atoms with Crippen molar-refractivity contribution >= 4 is 29.2 Å². The van der Waals surface area contributed by atoms with Crippen LogP contribution < -0.4 is 0 Å². The molecule has 0 N–H and O–H groups in total. The van der Waals surface area contributed by atoms with Gasteiger partial charge >= 0.3 is 17.6 Å². The maximum atomic E-state index is 5.00. The topological polar surface area (TPSA) is 0 Å². The molecule has 0 aromatic heterocycles. The number of alkyl halides is 1. The molecule has 0 fully saturated rings. The minimum absolute atomic E-state index is 0. The molecule has 0 atom stereocenters. The first kappa shape index (κ1) is 8.85. The van der Waals surface area contributed by atoms with Crippen molar-refractivity contribution < 1.29 is 0 Å². The van der Waals surface area contributed by atoms with Crippen LogP contribution in [-0.2, 0) is 0 Å². The predicted molar refractivity (Wildman–Crippen MR) is 27.7 cm³/mol. The van der Waals surface area contributed by atoms with Gasteiger partial charge in [0.05, 0.1) is 0 Å². The van der Waals surface area contributed by atoms with Crippen LogP contribution in [0.15, 0.2) is 0 Å². The van der Waals surface area contributed by atoms with Gasteiger partial charge in [-0.3, -0.25) is 0 Å². The average molecular weight is 141 g/mol. The van der Waals surface area contributed by atoms with Gasteiger partial charge in [0.1, 0.15) is 0 Å². The zero-order chi connectivity index (χ0) is 2.71. The Kier molecular flexibility index (Phi) is 20.3. The van der Waals surface area contributed by atoms with E-state index in [1.807, 2.05) is 6.92 Å². The Hall–Kier alpha value is 0.833. The second-order valence-corrected chi connectivity index (χ2v) is 0.802. The van der Waals surface area contributed by atoms with E-state index in [2.05, 4.69) is 0 Å². The van der Waals surface area contributed by atoms with Gasteiger partial charge in [-0.05, 0) is 0 Å². The SMILES string of the molecule is CCCl.[GeH4]. The van der Waals surface area contributed by atoms with Crippen LogP contribution in [0.25, 0.3) is 0 Å². The third-order valence-corrected chi connectivity index (χ3v) is 0. The van der Waals surface area contributed by atoms with E-state index in [1.54, 1.807) is 0 Å². The van der Waals surface area contributed by atoms with Crippen molar-refractivity contribution in [1.29, 1.82) is 0 Å². The molecular weight excluding hydrogens is 132 g/mol. The minimum atomic E-state index is 0. The molecule has 0 nitrogen and oxygen atoms in total. The van der Waals surface area contributed by atoms with Gasteiger partial charge in [-0.1, -0.05) is 6.92 Å². The van der Waals surface area contributed by atoms with Crippen LogP contribution in [-0.4, -0.2) is 23.5 Å². The second kappa shape index (κ2) is 9.16. The van der Waals surface area contributed by atoms with Gasteiger partial charge in [0.25, 0.3) is 0 Å². The maximum absolute atomic E-state index is 5.00. The summed E-state index contributed by atoms with van der Waals surface area (Å²) in [6, 6.07) is 0. The molecule has 0 bridgehead atoms. The summed E-state index contributed by atoms with van der Waals surface area (Å²) in [6.07, 6.45) is 0. The van der Waals surface area contributed by atoms with Crippen molar-refractivity contribution in [3.05, 3.63) is 0 Å². The van der Waals surface area contributed by atoms with Crippen molar-refractivity contribution in [3.8, 4) is 0 Å². The van der Waals surface area contributed by atoms with E-state index in [0.717, 1.165) is 5.88 Å². The first-order chi connectivity index (χ1) is 1.41. The van der Waals surface area contributed by atoms with Gasteiger partial charge in [-0.25, -0.2) is 0 Å². The average Bonchev–Trinajstić information content (AvgIpc) is 0.918. The molecule has 0 heterocycles. The molecule has 0 aliphatic heterocycles. The molecule has 0 unspecified atom stereocenters. The summed E-state index contributed by atoms with van der Waals surface area (Å²) >= 11 is 5.00. The molecule has 0 aromatic rings. The van der Waals surface area contributed by atoms with E-state index >= 15 is 0 Å². The number of hydrogen-bond donors (Lipinski definition) is 0. The molecular formula is C2H9ClGe. The first-order valence-electron chi connectivity index (χ1n) is 0.974. The van der Waals surface area contributed by atoms with Crippen molar-refractivity contribution in [3.63, 3.8) is 0 Å². The van der Waals surface area contributed by atoms with Crippen LogP contribution in [0, 0.1) is 0 Å². The summed E-state index contributed by atoms with van der Waals surface area (Å²) in [5.74, 6) is 0.722. The second-order valence-electron chi connectivity index (χ2n) is 0.267. The number of hydrogen-bond acceptors (Lipinski definition) is 0. The summed E-state index contributed by atoms with van der Waals surface area (Å²) in [6.45, 7) is 1.89. The van der Waals surface area contributed by atoms with E-state index in [0.29, 0.717) is 0 Å². The number of rotatable bonds is 0. The van der Waals surface area contributed by atoms with E-state index < -0.39 is 0 Å². The Morgan fingerprint density at radius 3 is 1.75 bits per heavy atom. The van der Waals surface area contributed by atoms with E-state index in [-0.39, 0.29) is 17.6 Å². The van der Waals surface area contributed by atoms with Gasteiger partial charge in [-0.15, -0.1) is 11.6 Å². The Labute approximate surface area is 42.5 Å². The van der Waals surface area contributed by atoms with Gasteiger partial charge in [-0.2, -0.15) is 0 Å². The van der Waals surface area contributed by atoms with Crippen molar-refractivity contribution in [2.75, 3.05) is 5.88 Å². The molecule has 0 aliphatic rings. The Morgan fingerprint density at radius 2 is 1.75 bits per heavy atom. The molecule has 2 heteroatoms. The number of halogens is 1. The van der Waals surface area contributed by atoms with Crippen LogP contribution >= 0.6 is 11.6 Å². The van der Waals surface area contributed by atoms with Gasteiger partial charge in [0, 0.05) is 5.88 Å². The van der Waals surface area contributed by atoms with E-state index in [4.69, 9.17) is 11.6 Å². The molecule has 0 rings (SSSR count). The predicted octanol–water partition coefficient (Wildman–Crippen LogP) is -0.206. The molecule has 28 valence electrons. The zero-order valence-electron chi connectivity index (χ0n) is 2.09. The van der Waals surface area contributed by atoms with Crippen LogP contribution in [0.4, 0.5) is 0 Å². The van der Waals surface area contributed by atoms with Crippen molar-refractivity contribution in [2.45, 2.75) is 6.92 Å². The summed E-state index contributed by atoms with van der Waals surface area (Å²) in [5, 5.41) is 0. The van der Waals surface area contributed by atoms with Crippen molar-refractivity contribution in [1.82, 2.24) is 0 Å². The summed E-state index contributed by atoms with van der Waals surface area (Å²) in [4.78, 5) is 0. The first-order valence-corrected chi connectivity index (χ1v) is 1.51. The van der Waals surface area contributed by atoms with Gasteiger partial charge < -0.3 is 0 Å². The molecule has 4 heavy (non-hydrogen) atoms. The fraction of sp³-hybridized carbons (Fsp3) is 1.00. The molecule has 0 spiro atoms. The molecule has 0 saturated heterocycles. The quantitative estimate of drug-likeness (QED) is 0.323. The van der Waals surface area contributed by atoms with Crippen LogP contribution in [0.2, 0.25) is 0 Å². The third kappa shape index (κ3) is 13.7. The molecule has 0 radical (unpaired) electrons. The zero-order valence-corrected chi connectivity index (χ0v) is 2.84. The van der Waals surface area contributed by atoms with Crippen LogP contribution in [0.3, 0.4) is 0 Å². The molecule has 0 saturated carbocycles. The van der Waals surface area contributed by atoms with Gasteiger partial charge in [0.15, 0.2) is 0 Å². The van der Waals surface area contributed by atoms with E-state index in [1.165, 1.54) is 0 Å². The monoisotopic (exact) mass is 142 g/mol. The Morgan fingerprint density at radius 1 is 1.75 bits per heavy atom. The van der Waals surface area contributed by atoms with E-state index in [9.17, 15) is 0 Å². The fourth-order valence-corrected chi connectivity index (χ4v) is 0. The normalized spacial score (nSPS) is 4.50. The van der Waals surface area contributed by atoms with Crippen LogP contribution in [0.5, 0.6) is 0 Å². The van der Waals surface area contributed by atoms with Crippen LogP contribution in [0.1, 0.15) is 6.92 Å².